The Hall–Kier alpha value is -1.55. The Kier molecular flexibility index (Phi) is 3.87. The number of Topliss-reactive ketones (excluding diaryl/α,β-unsaturated/α-hetero) is 1. The summed E-state index contributed by atoms with van der Waals surface area (Å²) in [4.78, 5) is 23.1. The minimum absolute atomic E-state index is 0.146. The van der Waals surface area contributed by atoms with E-state index in [0.29, 0.717) is 35.7 Å². The van der Waals surface area contributed by atoms with Crippen LogP contribution >= 0.6 is 11.6 Å². The van der Waals surface area contributed by atoms with Crippen molar-refractivity contribution in [3.8, 4) is 5.75 Å². The van der Waals surface area contributed by atoms with Crippen LogP contribution in [0, 0.1) is 5.92 Å². The van der Waals surface area contributed by atoms with Crippen LogP contribution in [-0.2, 0) is 9.59 Å². The molecule has 1 N–H and O–H groups in total. The van der Waals surface area contributed by atoms with Crippen molar-refractivity contribution >= 4 is 29.0 Å². The maximum Gasteiger partial charge on any atom is 0.228 e. The standard InChI is InChI=1S/C13H14ClNO3/c1-18-12-5-3-9(14)7-11(12)15-13(17)8-2-4-10(16)6-8/h3,5,7-8H,2,4,6H2,1H3,(H,15,17). The van der Waals surface area contributed by atoms with Crippen LogP contribution in [0.3, 0.4) is 0 Å². The lowest BCUT2D eigenvalue weighted by molar-refractivity contribution is -0.122. The second-order valence-electron chi connectivity index (χ2n) is 4.31. The highest BCUT2D eigenvalue weighted by atomic mass is 35.5. The molecule has 0 bridgehead atoms. The molecule has 1 fully saturated rings. The zero-order valence-corrected chi connectivity index (χ0v) is 10.8. The van der Waals surface area contributed by atoms with Crippen molar-refractivity contribution < 1.29 is 14.3 Å². The third-order valence-electron chi connectivity index (χ3n) is 3.04. The number of hydrogen-bond acceptors (Lipinski definition) is 3. The first-order chi connectivity index (χ1) is 8.60. The summed E-state index contributed by atoms with van der Waals surface area (Å²) in [6, 6.07) is 5.02. The van der Waals surface area contributed by atoms with Crippen LogP contribution in [0.15, 0.2) is 18.2 Å². The molecule has 0 saturated heterocycles. The van der Waals surface area contributed by atoms with Gasteiger partial charge in [0.15, 0.2) is 0 Å². The van der Waals surface area contributed by atoms with Gasteiger partial charge in [-0.25, -0.2) is 0 Å². The van der Waals surface area contributed by atoms with Gasteiger partial charge in [-0.15, -0.1) is 0 Å². The van der Waals surface area contributed by atoms with Gasteiger partial charge in [0.25, 0.3) is 0 Å². The van der Waals surface area contributed by atoms with Crippen LogP contribution in [0.2, 0.25) is 5.02 Å². The molecule has 1 amide bonds. The van der Waals surface area contributed by atoms with Crippen molar-refractivity contribution in [2.24, 2.45) is 5.92 Å². The molecule has 5 heteroatoms. The van der Waals surface area contributed by atoms with Gasteiger partial charge in [0.1, 0.15) is 11.5 Å². The summed E-state index contributed by atoms with van der Waals surface area (Å²) < 4.78 is 5.14. The second kappa shape index (κ2) is 5.40. The largest absolute Gasteiger partial charge is 0.495 e. The Morgan fingerprint density at radius 2 is 2.28 bits per heavy atom. The van der Waals surface area contributed by atoms with Gasteiger partial charge >= 0.3 is 0 Å². The number of ether oxygens (including phenoxy) is 1. The molecule has 18 heavy (non-hydrogen) atoms. The van der Waals surface area contributed by atoms with Crippen molar-refractivity contribution in [1.82, 2.24) is 0 Å². The first kappa shape index (κ1) is 12.9. The van der Waals surface area contributed by atoms with E-state index in [9.17, 15) is 9.59 Å². The molecule has 2 rings (SSSR count). The van der Waals surface area contributed by atoms with Crippen molar-refractivity contribution in [1.29, 1.82) is 0 Å². The van der Waals surface area contributed by atoms with Crippen LogP contribution in [0.5, 0.6) is 5.75 Å². The van der Waals surface area contributed by atoms with Gasteiger partial charge < -0.3 is 10.1 Å². The van der Waals surface area contributed by atoms with E-state index in [2.05, 4.69) is 5.32 Å². The fourth-order valence-electron chi connectivity index (χ4n) is 2.05. The summed E-state index contributed by atoms with van der Waals surface area (Å²) >= 11 is 5.88. The molecular formula is C13H14ClNO3. The van der Waals surface area contributed by atoms with Crippen molar-refractivity contribution in [2.75, 3.05) is 12.4 Å². The number of anilines is 1. The highest BCUT2D eigenvalue weighted by Gasteiger charge is 2.28. The van der Waals surface area contributed by atoms with Gasteiger partial charge in [-0.2, -0.15) is 0 Å². The number of carbonyl (C=O) groups excluding carboxylic acids is 2. The third kappa shape index (κ3) is 2.82. The summed E-state index contributed by atoms with van der Waals surface area (Å²) in [6.07, 6.45) is 1.44. The number of hydrogen-bond donors (Lipinski definition) is 1. The van der Waals surface area contributed by atoms with Gasteiger partial charge in [-0.3, -0.25) is 9.59 Å². The first-order valence-corrected chi connectivity index (χ1v) is 6.14. The lowest BCUT2D eigenvalue weighted by atomic mass is 10.1. The topological polar surface area (TPSA) is 55.4 Å². The second-order valence-corrected chi connectivity index (χ2v) is 4.75. The maximum atomic E-state index is 12.0. The predicted molar refractivity (Wildman–Crippen MR) is 69.0 cm³/mol. The molecule has 1 aromatic rings. The lowest BCUT2D eigenvalue weighted by Gasteiger charge is -2.13. The number of rotatable bonds is 3. The number of carbonyl (C=O) groups is 2. The number of ketones is 1. The van der Waals surface area contributed by atoms with Gasteiger partial charge in [0, 0.05) is 23.8 Å². The molecule has 1 aromatic carbocycles. The fourth-order valence-corrected chi connectivity index (χ4v) is 2.22. The number of nitrogens with one attached hydrogen (secondary N) is 1. The van der Waals surface area contributed by atoms with Crippen molar-refractivity contribution in [3.05, 3.63) is 23.2 Å². The SMILES string of the molecule is COc1ccc(Cl)cc1NC(=O)C1CCC(=O)C1. The summed E-state index contributed by atoms with van der Waals surface area (Å²) in [5.41, 5.74) is 0.536. The van der Waals surface area contributed by atoms with Crippen LogP contribution in [0.25, 0.3) is 0 Å². The summed E-state index contributed by atoms with van der Waals surface area (Å²) in [5, 5.41) is 3.29. The molecule has 1 aliphatic rings. The molecule has 1 atom stereocenters. The molecule has 4 nitrogen and oxygen atoms in total. The molecule has 0 heterocycles. The molecule has 0 aliphatic heterocycles. The zero-order chi connectivity index (χ0) is 13.1. The molecule has 96 valence electrons. The highest BCUT2D eigenvalue weighted by molar-refractivity contribution is 6.31. The number of methoxy groups -OCH3 is 1. The van der Waals surface area contributed by atoms with Gasteiger partial charge in [0.05, 0.1) is 12.8 Å². The van der Waals surface area contributed by atoms with E-state index in [0.717, 1.165) is 0 Å². The number of amides is 1. The Morgan fingerprint density at radius 3 is 2.89 bits per heavy atom. The van der Waals surface area contributed by atoms with Gasteiger partial charge in [0.2, 0.25) is 5.91 Å². The van der Waals surface area contributed by atoms with Crippen LogP contribution in [0.1, 0.15) is 19.3 Å². The van der Waals surface area contributed by atoms with Crippen molar-refractivity contribution in [3.63, 3.8) is 0 Å². The van der Waals surface area contributed by atoms with E-state index in [4.69, 9.17) is 16.3 Å². The average molecular weight is 268 g/mol. The zero-order valence-electron chi connectivity index (χ0n) is 10.0. The Morgan fingerprint density at radius 1 is 1.50 bits per heavy atom. The Balaban J connectivity index is 2.11. The van der Waals surface area contributed by atoms with E-state index < -0.39 is 0 Å². The Labute approximate surface area is 110 Å². The third-order valence-corrected chi connectivity index (χ3v) is 3.27. The lowest BCUT2D eigenvalue weighted by Crippen LogP contribution is -2.21. The van der Waals surface area contributed by atoms with E-state index in [1.165, 1.54) is 7.11 Å². The monoisotopic (exact) mass is 267 g/mol. The summed E-state index contributed by atoms with van der Waals surface area (Å²) in [6.45, 7) is 0. The molecular weight excluding hydrogens is 254 g/mol. The smallest absolute Gasteiger partial charge is 0.228 e. The van der Waals surface area contributed by atoms with Crippen LogP contribution in [0.4, 0.5) is 5.69 Å². The predicted octanol–water partition coefficient (Wildman–Crippen LogP) is 2.66. The quantitative estimate of drug-likeness (QED) is 0.916. The molecule has 0 spiro atoms. The van der Waals surface area contributed by atoms with Crippen LogP contribution < -0.4 is 10.1 Å². The Bertz CT molecular complexity index is 487. The fraction of sp³-hybridized carbons (Fsp3) is 0.385. The van der Waals surface area contributed by atoms with E-state index in [-0.39, 0.29) is 17.6 Å². The van der Waals surface area contributed by atoms with Gasteiger partial charge in [-0.05, 0) is 24.6 Å². The van der Waals surface area contributed by atoms with E-state index in [1.54, 1.807) is 18.2 Å². The molecule has 1 saturated carbocycles. The van der Waals surface area contributed by atoms with Crippen LogP contribution in [-0.4, -0.2) is 18.8 Å². The minimum atomic E-state index is -0.235. The molecule has 0 radical (unpaired) electrons. The first-order valence-electron chi connectivity index (χ1n) is 5.76. The van der Waals surface area contributed by atoms with Gasteiger partial charge in [-0.1, -0.05) is 11.6 Å². The maximum absolute atomic E-state index is 12.0. The van der Waals surface area contributed by atoms with E-state index in [1.807, 2.05) is 0 Å². The summed E-state index contributed by atoms with van der Waals surface area (Å²) in [7, 11) is 1.53. The molecule has 1 aliphatic carbocycles. The highest BCUT2D eigenvalue weighted by Crippen LogP contribution is 2.30. The minimum Gasteiger partial charge on any atom is -0.495 e. The molecule has 0 aromatic heterocycles. The summed E-state index contributed by atoms with van der Waals surface area (Å²) in [5.74, 6) is 0.313. The average Bonchev–Trinajstić information content (AvgIpc) is 2.76. The molecule has 1 unspecified atom stereocenters. The number of benzene rings is 1. The van der Waals surface area contributed by atoms with Crippen molar-refractivity contribution in [2.45, 2.75) is 19.3 Å². The normalized spacial score (nSPS) is 18.8. The number of halogens is 1. The van der Waals surface area contributed by atoms with E-state index >= 15 is 0 Å².